The van der Waals surface area contributed by atoms with E-state index < -0.39 is 86.2 Å². The Bertz CT molecular complexity index is 614. The molecule has 9 N–H and O–H groups in total. The molecule has 15 heteroatoms. The lowest BCUT2D eigenvalue weighted by molar-refractivity contribution is -0.363. The summed E-state index contributed by atoms with van der Waals surface area (Å²) in [6.45, 7) is -1.69. The van der Waals surface area contributed by atoms with Gasteiger partial charge in [0.15, 0.2) is 18.3 Å². The van der Waals surface area contributed by atoms with Crippen LogP contribution < -0.4 is 0 Å². The normalized spacial score (nSPS) is 43.2. The number of aliphatic hydroxyl groups is 9. The summed E-state index contributed by atoms with van der Waals surface area (Å²) >= 11 is 0. The van der Waals surface area contributed by atoms with E-state index in [1.165, 1.54) is 0 Å². The van der Waals surface area contributed by atoms with E-state index in [4.69, 9.17) is 10.2 Å². The Kier molecular flexibility index (Phi) is 7.13. The average Bonchev–Trinajstić information content (AvgIpc) is 3.00. The molecule has 0 aromatic rings. The highest BCUT2D eigenvalue weighted by atomic mass is 16.9. The van der Waals surface area contributed by atoms with Gasteiger partial charge in [0.25, 0.3) is 0 Å². The number of carbonyl (C=O) groups excluding carboxylic acids is 2. The average molecular weight is 430 g/mol. The molecule has 15 nitrogen and oxygen atoms in total. The fourth-order valence-corrected chi connectivity index (χ4v) is 2.67. The number of hydrogen-bond donors (Lipinski definition) is 9. The van der Waals surface area contributed by atoms with Gasteiger partial charge < -0.3 is 64.9 Å². The maximum Gasteiger partial charge on any atom is 0.357 e. The van der Waals surface area contributed by atoms with E-state index >= 15 is 0 Å². The van der Waals surface area contributed by atoms with Gasteiger partial charge >= 0.3 is 23.9 Å². The van der Waals surface area contributed by atoms with Crippen molar-refractivity contribution in [1.29, 1.82) is 0 Å². The topological polar surface area (TPSA) is 253 Å². The van der Waals surface area contributed by atoms with Crippen LogP contribution in [-0.2, 0) is 28.5 Å². The largest absolute Gasteiger partial charge is 0.405 e. The Morgan fingerprint density at radius 2 is 1.28 bits per heavy atom. The van der Waals surface area contributed by atoms with Crippen LogP contribution in [0.4, 0.5) is 0 Å². The van der Waals surface area contributed by atoms with Crippen molar-refractivity contribution in [3.63, 3.8) is 0 Å². The second kappa shape index (κ2) is 8.70. The van der Waals surface area contributed by atoms with E-state index in [0.29, 0.717) is 0 Å². The van der Waals surface area contributed by atoms with Crippen LogP contribution >= 0.6 is 0 Å². The van der Waals surface area contributed by atoms with E-state index in [0.717, 1.165) is 0 Å². The lowest BCUT2D eigenvalue weighted by Crippen LogP contribution is -2.49. The summed E-state index contributed by atoms with van der Waals surface area (Å²) in [7, 11) is 0. The molecule has 0 aromatic heterocycles. The molecule has 0 saturated carbocycles. The molecular formula is C14H22O15. The molecule has 0 radical (unpaired) electrons. The number of hydrogen-bond acceptors (Lipinski definition) is 15. The molecule has 29 heavy (non-hydrogen) atoms. The fraction of sp³-hybridized carbons (Fsp3) is 0.857. The van der Waals surface area contributed by atoms with Crippen molar-refractivity contribution in [2.75, 3.05) is 13.2 Å². The van der Waals surface area contributed by atoms with Crippen LogP contribution in [0.25, 0.3) is 0 Å². The minimum absolute atomic E-state index is 0.839. The summed E-state index contributed by atoms with van der Waals surface area (Å²) in [5.41, 5.74) is 0. The van der Waals surface area contributed by atoms with Crippen LogP contribution in [0.3, 0.4) is 0 Å². The van der Waals surface area contributed by atoms with Gasteiger partial charge in [-0.15, -0.1) is 0 Å². The minimum atomic E-state index is -3.13. The van der Waals surface area contributed by atoms with Crippen LogP contribution in [0.1, 0.15) is 6.42 Å². The van der Waals surface area contributed by atoms with Gasteiger partial charge in [0.2, 0.25) is 0 Å². The third kappa shape index (κ3) is 4.65. The highest BCUT2D eigenvalue weighted by molar-refractivity contribution is 5.81. The van der Waals surface area contributed by atoms with Crippen LogP contribution in [0.5, 0.6) is 0 Å². The zero-order chi connectivity index (χ0) is 22.1. The predicted octanol–water partition coefficient (Wildman–Crippen LogP) is -6.66. The van der Waals surface area contributed by atoms with Gasteiger partial charge in [0, 0.05) is 0 Å². The lowest BCUT2D eigenvalue weighted by Gasteiger charge is -2.27. The Labute approximate surface area is 161 Å². The molecule has 2 aliphatic heterocycles. The molecule has 3 unspecified atom stereocenters. The number of rotatable bonds is 7. The molecule has 2 fully saturated rings. The van der Waals surface area contributed by atoms with Crippen molar-refractivity contribution in [1.82, 2.24) is 0 Å². The molecule has 2 rings (SSSR count). The Morgan fingerprint density at radius 1 is 0.862 bits per heavy atom. The first kappa shape index (κ1) is 23.8. The SMILES string of the molecule is O=C(CC(O)C(=O)OC1(O)O[C@H](CO)[C@@H](O)[C@H]1O)OC1(O)O[C@H](CO)[C@@H](O)[C@H]1O. The summed E-state index contributed by atoms with van der Waals surface area (Å²) in [6, 6.07) is 0. The molecule has 0 aliphatic carbocycles. The van der Waals surface area contributed by atoms with Crippen LogP contribution in [-0.4, -0.2) is 126 Å². The maximum absolute atomic E-state index is 11.8. The van der Waals surface area contributed by atoms with Gasteiger partial charge in [-0.3, -0.25) is 4.79 Å². The number of ether oxygens (including phenoxy) is 4. The second-order valence-electron chi connectivity index (χ2n) is 6.43. The molecule has 0 bridgehead atoms. The lowest BCUT2D eigenvalue weighted by atomic mass is 10.1. The zero-order valence-electron chi connectivity index (χ0n) is 14.6. The highest BCUT2D eigenvalue weighted by Gasteiger charge is 2.58. The van der Waals surface area contributed by atoms with Crippen LogP contribution in [0, 0.1) is 0 Å². The fourth-order valence-electron chi connectivity index (χ4n) is 2.67. The molecule has 9 atom stereocenters. The number of carbonyl (C=O) groups is 2. The standard InChI is InChI=1S/C14H22O15/c15-2-5-8(19)10(21)13(24,26-5)28-7(18)1-4(17)12(23)29-14(25)11(22)9(20)6(3-16)27-14/h4-6,8-11,15-17,19-22,24-25H,1-3H2/t4?,5-,6-,8-,9-,10-,11-,13?,14?/m1/s1. The van der Waals surface area contributed by atoms with Gasteiger partial charge in [-0.2, -0.15) is 0 Å². The Balaban J connectivity index is 1.93. The quantitative estimate of drug-likeness (QED) is 0.134. The summed E-state index contributed by atoms with van der Waals surface area (Å²) < 4.78 is 18.0. The van der Waals surface area contributed by atoms with Crippen molar-refractivity contribution >= 4 is 11.9 Å². The van der Waals surface area contributed by atoms with Crippen LogP contribution in [0.2, 0.25) is 0 Å². The van der Waals surface area contributed by atoms with E-state index in [9.17, 15) is 45.3 Å². The summed E-state index contributed by atoms with van der Waals surface area (Å²) in [5, 5.41) is 85.8. The van der Waals surface area contributed by atoms with Crippen molar-refractivity contribution in [2.45, 2.75) is 61.1 Å². The van der Waals surface area contributed by atoms with E-state index in [1.54, 1.807) is 0 Å². The molecule has 0 amide bonds. The van der Waals surface area contributed by atoms with Crippen molar-refractivity contribution in [2.24, 2.45) is 0 Å². The Morgan fingerprint density at radius 3 is 1.66 bits per heavy atom. The minimum Gasteiger partial charge on any atom is -0.405 e. The first-order chi connectivity index (χ1) is 13.4. The molecular weight excluding hydrogens is 408 g/mol. The third-order valence-electron chi connectivity index (χ3n) is 4.30. The number of aliphatic hydroxyl groups excluding tert-OH is 7. The van der Waals surface area contributed by atoms with Gasteiger partial charge in [-0.1, -0.05) is 0 Å². The first-order valence-electron chi connectivity index (χ1n) is 8.25. The summed E-state index contributed by atoms with van der Waals surface area (Å²) in [5.74, 6) is -9.46. The van der Waals surface area contributed by atoms with Gasteiger partial charge in [0.05, 0.1) is 19.6 Å². The van der Waals surface area contributed by atoms with Crippen molar-refractivity contribution in [3.8, 4) is 0 Å². The van der Waals surface area contributed by atoms with Gasteiger partial charge in [0.1, 0.15) is 24.4 Å². The second-order valence-corrected chi connectivity index (χ2v) is 6.43. The van der Waals surface area contributed by atoms with Crippen molar-refractivity contribution < 1.29 is 74.5 Å². The van der Waals surface area contributed by atoms with Gasteiger partial charge in [-0.05, 0) is 0 Å². The summed E-state index contributed by atoms with van der Waals surface area (Å²) in [4.78, 5) is 23.6. The molecule has 2 aliphatic rings. The third-order valence-corrected chi connectivity index (χ3v) is 4.30. The molecule has 0 aromatic carbocycles. The number of esters is 2. The van der Waals surface area contributed by atoms with Crippen LogP contribution in [0.15, 0.2) is 0 Å². The molecule has 2 heterocycles. The summed E-state index contributed by atoms with van der Waals surface area (Å²) in [6.07, 6.45) is -14.6. The van der Waals surface area contributed by atoms with Gasteiger partial charge in [-0.25, -0.2) is 4.79 Å². The predicted molar refractivity (Wildman–Crippen MR) is 80.7 cm³/mol. The smallest absolute Gasteiger partial charge is 0.357 e. The maximum atomic E-state index is 11.8. The van der Waals surface area contributed by atoms with E-state index in [-0.39, 0.29) is 0 Å². The zero-order valence-corrected chi connectivity index (χ0v) is 14.6. The monoisotopic (exact) mass is 430 g/mol. The van der Waals surface area contributed by atoms with E-state index in [2.05, 4.69) is 18.9 Å². The molecule has 168 valence electrons. The molecule has 0 spiro atoms. The highest BCUT2D eigenvalue weighted by Crippen LogP contribution is 2.32. The first-order valence-corrected chi connectivity index (χ1v) is 8.25. The van der Waals surface area contributed by atoms with Crippen molar-refractivity contribution in [3.05, 3.63) is 0 Å². The van der Waals surface area contributed by atoms with E-state index in [1.807, 2.05) is 0 Å². The Hall–Kier alpha value is -1.50. The molecule has 2 saturated heterocycles.